The van der Waals surface area contributed by atoms with Crippen molar-refractivity contribution in [1.82, 2.24) is 19.5 Å². The van der Waals surface area contributed by atoms with Crippen LogP contribution in [0.15, 0.2) is 18.9 Å². The van der Waals surface area contributed by atoms with Crippen LogP contribution in [0.1, 0.15) is 6.42 Å². The molecule has 0 spiro atoms. The summed E-state index contributed by atoms with van der Waals surface area (Å²) in [6.45, 7) is -0.253. The van der Waals surface area contributed by atoms with E-state index in [0.717, 1.165) is 0 Å². The summed E-state index contributed by atoms with van der Waals surface area (Å²) in [7, 11) is 0. The Hall–Kier alpha value is -2.01. The third-order valence-electron chi connectivity index (χ3n) is 3.51. The molecular formula is C12H12N4O3. The van der Waals surface area contributed by atoms with Crippen molar-refractivity contribution in [2.24, 2.45) is 0 Å². The van der Waals surface area contributed by atoms with Crippen molar-refractivity contribution < 1.29 is 14.9 Å². The highest BCUT2D eigenvalue weighted by atomic mass is 16.5. The van der Waals surface area contributed by atoms with Crippen molar-refractivity contribution in [1.29, 1.82) is 0 Å². The zero-order chi connectivity index (χ0) is 13.5. The number of hydrogen-bond donors (Lipinski definition) is 2. The Morgan fingerprint density at radius 2 is 2.37 bits per heavy atom. The van der Waals surface area contributed by atoms with E-state index in [-0.39, 0.29) is 13.0 Å². The standard InChI is InChI=1S/C12H12N4O3/c1-2-11(6-17)12(18,3-4-19-11)16-8-15-9-5-13-7-14-10(9)16/h1,5,7-8,17-18H,3-4,6H2. The van der Waals surface area contributed by atoms with Gasteiger partial charge in [0.2, 0.25) is 0 Å². The van der Waals surface area contributed by atoms with Gasteiger partial charge in [-0.25, -0.2) is 15.0 Å². The first-order valence-electron chi connectivity index (χ1n) is 5.75. The Labute approximate surface area is 108 Å². The molecule has 0 bridgehead atoms. The first-order chi connectivity index (χ1) is 9.17. The van der Waals surface area contributed by atoms with E-state index in [2.05, 4.69) is 20.9 Å². The summed E-state index contributed by atoms with van der Waals surface area (Å²) in [6.07, 6.45) is 10.0. The average molecular weight is 260 g/mol. The summed E-state index contributed by atoms with van der Waals surface area (Å²) in [5.41, 5.74) is -2.10. The molecule has 19 heavy (non-hydrogen) atoms. The molecule has 2 aromatic heterocycles. The van der Waals surface area contributed by atoms with Gasteiger partial charge in [0, 0.05) is 6.42 Å². The fraction of sp³-hybridized carbons (Fsp3) is 0.417. The van der Waals surface area contributed by atoms with Gasteiger partial charge >= 0.3 is 0 Å². The van der Waals surface area contributed by atoms with Crippen molar-refractivity contribution >= 4 is 11.2 Å². The van der Waals surface area contributed by atoms with Crippen molar-refractivity contribution in [2.75, 3.05) is 13.2 Å². The highest BCUT2D eigenvalue weighted by Gasteiger charge is 2.57. The molecule has 1 aliphatic rings. The molecule has 2 unspecified atom stereocenters. The maximum atomic E-state index is 10.9. The predicted molar refractivity (Wildman–Crippen MR) is 64.7 cm³/mol. The molecule has 0 amide bonds. The zero-order valence-electron chi connectivity index (χ0n) is 10.0. The smallest absolute Gasteiger partial charge is 0.199 e. The fourth-order valence-corrected chi connectivity index (χ4v) is 2.41. The summed E-state index contributed by atoms with van der Waals surface area (Å²) >= 11 is 0. The molecule has 2 N–H and O–H groups in total. The third-order valence-corrected chi connectivity index (χ3v) is 3.51. The highest BCUT2D eigenvalue weighted by molar-refractivity contribution is 5.69. The lowest BCUT2D eigenvalue weighted by Crippen LogP contribution is -2.54. The molecule has 2 atom stereocenters. The molecule has 7 nitrogen and oxygen atoms in total. The van der Waals surface area contributed by atoms with Crippen LogP contribution in [-0.4, -0.2) is 48.5 Å². The predicted octanol–water partition coefficient (Wildman–Crippen LogP) is -0.744. The van der Waals surface area contributed by atoms with Crippen molar-refractivity contribution in [3.05, 3.63) is 18.9 Å². The Kier molecular flexibility index (Phi) is 2.53. The van der Waals surface area contributed by atoms with Crippen LogP contribution in [0, 0.1) is 12.3 Å². The van der Waals surface area contributed by atoms with Gasteiger partial charge in [-0.15, -0.1) is 6.42 Å². The topological polar surface area (TPSA) is 93.3 Å². The van der Waals surface area contributed by atoms with Gasteiger partial charge in [0.25, 0.3) is 0 Å². The summed E-state index contributed by atoms with van der Waals surface area (Å²) < 4.78 is 6.84. The minimum atomic E-state index is -1.58. The zero-order valence-corrected chi connectivity index (χ0v) is 10.0. The average Bonchev–Trinajstić information content (AvgIpc) is 3.01. The van der Waals surface area contributed by atoms with E-state index in [9.17, 15) is 10.2 Å². The van der Waals surface area contributed by atoms with E-state index >= 15 is 0 Å². The molecule has 3 rings (SSSR count). The van der Waals surface area contributed by atoms with Crippen molar-refractivity contribution in [2.45, 2.75) is 17.7 Å². The minimum absolute atomic E-state index is 0.242. The molecule has 98 valence electrons. The molecular weight excluding hydrogens is 248 g/mol. The number of ether oxygens (including phenoxy) is 1. The molecule has 0 radical (unpaired) electrons. The van der Waals surface area contributed by atoms with E-state index in [0.29, 0.717) is 11.2 Å². The van der Waals surface area contributed by atoms with Gasteiger partial charge in [-0.2, -0.15) is 0 Å². The van der Waals surface area contributed by atoms with Crippen LogP contribution < -0.4 is 0 Å². The maximum Gasteiger partial charge on any atom is 0.199 e. The molecule has 1 aliphatic heterocycles. The Bertz CT molecular complexity index is 664. The molecule has 1 fully saturated rings. The monoisotopic (exact) mass is 260 g/mol. The SMILES string of the molecule is C#CC1(CO)OCCC1(O)n1cnc2cncnc21. The number of fused-ring (bicyclic) bond motifs is 1. The first-order valence-corrected chi connectivity index (χ1v) is 5.75. The van der Waals surface area contributed by atoms with Crippen LogP contribution in [0.3, 0.4) is 0 Å². The van der Waals surface area contributed by atoms with E-state index in [1.165, 1.54) is 23.4 Å². The Morgan fingerprint density at radius 1 is 1.53 bits per heavy atom. The lowest BCUT2D eigenvalue weighted by atomic mass is 9.91. The summed E-state index contributed by atoms with van der Waals surface area (Å²) in [4.78, 5) is 12.1. The van der Waals surface area contributed by atoms with Crippen LogP contribution in [0.25, 0.3) is 11.2 Å². The second-order valence-corrected chi connectivity index (χ2v) is 4.39. The highest BCUT2D eigenvalue weighted by Crippen LogP contribution is 2.40. The lowest BCUT2D eigenvalue weighted by molar-refractivity contribution is -0.152. The normalized spacial score (nSPS) is 30.6. The second-order valence-electron chi connectivity index (χ2n) is 4.39. The van der Waals surface area contributed by atoms with E-state index < -0.39 is 17.9 Å². The number of hydrogen-bond acceptors (Lipinski definition) is 6. The number of terminal acetylenes is 1. The van der Waals surface area contributed by atoms with Crippen LogP contribution >= 0.6 is 0 Å². The Balaban J connectivity index is 2.22. The molecule has 0 aromatic carbocycles. The van der Waals surface area contributed by atoms with Gasteiger partial charge in [0.05, 0.1) is 25.7 Å². The number of nitrogens with zero attached hydrogens (tertiary/aromatic N) is 4. The summed E-state index contributed by atoms with van der Waals surface area (Å²) in [6, 6.07) is 0. The molecule has 2 aromatic rings. The van der Waals surface area contributed by atoms with Gasteiger partial charge in [-0.1, -0.05) is 5.92 Å². The molecule has 3 heterocycles. The van der Waals surface area contributed by atoms with Gasteiger partial charge in [-0.05, 0) is 0 Å². The summed E-state index contributed by atoms with van der Waals surface area (Å²) in [5.74, 6) is 2.36. The third kappa shape index (κ3) is 1.42. The minimum Gasteiger partial charge on any atom is -0.392 e. The van der Waals surface area contributed by atoms with Crippen LogP contribution in [0.5, 0.6) is 0 Å². The molecule has 0 saturated carbocycles. The summed E-state index contributed by atoms with van der Waals surface area (Å²) in [5, 5.41) is 20.4. The van der Waals surface area contributed by atoms with E-state index in [1.54, 1.807) is 0 Å². The van der Waals surface area contributed by atoms with Crippen LogP contribution in [-0.2, 0) is 10.5 Å². The number of rotatable bonds is 2. The van der Waals surface area contributed by atoms with Crippen LogP contribution in [0.2, 0.25) is 0 Å². The molecule has 7 heteroatoms. The van der Waals surface area contributed by atoms with Crippen molar-refractivity contribution in [3.63, 3.8) is 0 Å². The van der Waals surface area contributed by atoms with Crippen molar-refractivity contribution in [3.8, 4) is 12.3 Å². The van der Waals surface area contributed by atoms with E-state index in [1.807, 2.05) is 0 Å². The number of aliphatic hydroxyl groups excluding tert-OH is 1. The number of imidazole rings is 1. The lowest BCUT2D eigenvalue weighted by Gasteiger charge is -2.36. The molecule has 0 aliphatic carbocycles. The Morgan fingerprint density at radius 3 is 3.11 bits per heavy atom. The van der Waals surface area contributed by atoms with E-state index in [4.69, 9.17) is 11.2 Å². The first kappa shape index (κ1) is 12.0. The van der Waals surface area contributed by atoms with Crippen LogP contribution in [0.4, 0.5) is 0 Å². The van der Waals surface area contributed by atoms with Gasteiger partial charge in [-0.3, -0.25) is 4.57 Å². The fourth-order valence-electron chi connectivity index (χ4n) is 2.41. The van der Waals surface area contributed by atoms with Gasteiger partial charge in [0.1, 0.15) is 11.8 Å². The number of aromatic nitrogens is 4. The largest absolute Gasteiger partial charge is 0.392 e. The van der Waals surface area contributed by atoms with Gasteiger partial charge < -0.3 is 14.9 Å². The second kappa shape index (κ2) is 3.99. The molecule has 1 saturated heterocycles. The van der Waals surface area contributed by atoms with Gasteiger partial charge in [0.15, 0.2) is 17.0 Å². The number of aliphatic hydroxyl groups is 2. The maximum absolute atomic E-state index is 10.9. The quantitative estimate of drug-likeness (QED) is 0.690.